The summed E-state index contributed by atoms with van der Waals surface area (Å²) in [7, 11) is -5.36. The van der Waals surface area contributed by atoms with Gasteiger partial charge < -0.3 is 4.52 Å². The zero-order chi connectivity index (χ0) is 12.8. The van der Waals surface area contributed by atoms with Gasteiger partial charge >= 0.3 is 0 Å². The van der Waals surface area contributed by atoms with Crippen molar-refractivity contribution in [1.29, 1.82) is 0 Å². The van der Waals surface area contributed by atoms with Crippen molar-refractivity contribution >= 4 is 17.5 Å². The van der Waals surface area contributed by atoms with Crippen LogP contribution in [-0.4, -0.2) is 38.7 Å². The van der Waals surface area contributed by atoms with Crippen LogP contribution in [0.3, 0.4) is 0 Å². The summed E-state index contributed by atoms with van der Waals surface area (Å²) in [6.45, 7) is 3.07. The molecule has 5 nitrogen and oxygen atoms in total. The molecule has 7 heteroatoms. The second-order valence-corrected chi connectivity index (χ2v) is 7.89. The van der Waals surface area contributed by atoms with Crippen LogP contribution in [-0.2, 0) is 19.2 Å². The summed E-state index contributed by atoms with van der Waals surface area (Å²) in [5.41, 5.74) is 0. The minimum Gasteiger partial charge on any atom is -0.332 e. The number of hydrogen-bond donors (Lipinski definition) is 1. The Morgan fingerprint density at radius 2 is 2.06 bits per heavy atom. The predicted molar refractivity (Wildman–Crippen MR) is 63.4 cm³/mol. The molecule has 0 aromatic heterocycles. The molecule has 0 bridgehead atoms. The normalized spacial score (nSPS) is 17.0. The van der Waals surface area contributed by atoms with E-state index in [0.29, 0.717) is 6.42 Å². The molecule has 94 valence electrons. The van der Waals surface area contributed by atoms with Gasteiger partial charge in [0.2, 0.25) is 0 Å². The van der Waals surface area contributed by atoms with Gasteiger partial charge in [0.25, 0.3) is 10.1 Å². The van der Waals surface area contributed by atoms with Crippen LogP contribution < -0.4 is 0 Å². The van der Waals surface area contributed by atoms with Crippen LogP contribution in [0.25, 0.3) is 0 Å². The first-order chi connectivity index (χ1) is 7.20. The van der Waals surface area contributed by atoms with E-state index < -0.39 is 29.2 Å². The molecule has 0 saturated heterocycles. The largest absolute Gasteiger partial charge is 0.332 e. The maximum atomic E-state index is 11.6. The maximum Gasteiger partial charge on any atom is 0.266 e. The highest BCUT2D eigenvalue weighted by molar-refractivity contribution is 7.85. The minimum atomic E-state index is -4.05. The molecule has 0 aliphatic rings. The van der Waals surface area contributed by atoms with Gasteiger partial charge in [0.15, 0.2) is 7.37 Å². The highest BCUT2D eigenvalue weighted by atomic mass is 32.2. The zero-order valence-electron chi connectivity index (χ0n) is 9.63. The summed E-state index contributed by atoms with van der Waals surface area (Å²) in [4.78, 5) is 0. The topological polar surface area (TPSA) is 80.7 Å². The Bertz CT molecular complexity index is 417. The molecule has 0 heterocycles. The SMILES string of the molecule is CC#CC(CCP(C)(=O)OC)CS(=O)(=O)O. The Hall–Kier alpha value is -0.340. The van der Waals surface area contributed by atoms with Crippen molar-refractivity contribution in [3.05, 3.63) is 0 Å². The summed E-state index contributed by atoms with van der Waals surface area (Å²) in [5.74, 6) is 4.31. The molecule has 0 aliphatic heterocycles. The lowest BCUT2D eigenvalue weighted by molar-refractivity contribution is 0.395. The lowest BCUT2D eigenvalue weighted by Crippen LogP contribution is -2.15. The first kappa shape index (κ1) is 15.7. The molecule has 0 aromatic rings. The average Bonchev–Trinajstić information content (AvgIpc) is 2.13. The molecule has 0 amide bonds. The Kier molecular flexibility index (Phi) is 6.27. The maximum absolute atomic E-state index is 11.6. The molecule has 0 aliphatic carbocycles. The standard InChI is InChI=1S/C9H17O5PS/c1-4-5-9(8-16(11,12)13)6-7-15(3,10)14-2/h9H,6-8H2,1-3H3,(H,11,12,13). The van der Waals surface area contributed by atoms with Gasteiger partial charge in [-0.1, -0.05) is 5.92 Å². The lowest BCUT2D eigenvalue weighted by atomic mass is 10.1. The first-order valence-corrected chi connectivity index (χ1v) is 8.56. The second-order valence-electron chi connectivity index (χ2n) is 3.55. The fraction of sp³-hybridized carbons (Fsp3) is 0.778. The Labute approximate surface area is 96.8 Å². The van der Waals surface area contributed by atoms with Crippen LogP contribution in [0.15, 0.2) is 0 Å². The first-order valence-electron chi connectivity index (χ1n) is 4.70. The molecule has 0 spiro atoms. The van der Waals surface area contributed by atoms with Crippen molar-refractivity contribution in [2.75, 3.05) is 25.7 Å². The third-order valence-corrected chi connectivity index (χ3v) is 4.70. The molecule has 0 aromatic carbocycles. The van der Waals surface area contributed by atoms with Crippen LogP contribution in [0.1, 0.15) is 13.3 Å². The fourth-order valence-corrected chi connectivity index (χ4v) is 2.86. The lowest BCUT2D eigenvalue weighted by Gasteiger charge is -2.13. The van der Waals surface area contributed by atoms with E-state index in [4.69, 9.17) is 9.08 Å². The second kappa shape index (κ2) is 6.41. The van der Waals surface area contributed by atoms with Crippen LogP contribution in [0.2, 0.25) is 0 Å². The quantitative estimate of drug-likeness (QED) is 0.448. The Morgan fingerprint density at radius 1 is 1.50 bits per heavy atom. The summed E-state index contributed by atoms with van der Waals surface area (Å²) >= 11 is 0. The predicted octanol–water partition coefficient (Wildman–Crippen LogP) is 1.46. The van der Waals surface area contributed by atoms with Crippen molar-refractivity contribution in [2.45, 2.75) is 13.3 Å². The van der Waals surface area contributed by atoms with E-state index in [-0.39, 0.29) is 6.16 Å². The zero-order valence-corrected chi connectivity index (χ0v) is 11.3. The number of hydrogen-bond acceptors (Lipinski definition) is 4. The molecule has 0 radical (unpaired) electrons. The summed E-state index contributed by atoms with van der Waals surface area (Å²) in [6, 6.07) is 0. The van der Waals surface area contributed by atoms with Crippen LogP contribution in [0, 0.1) is 17.8 Å². The molecule has 16 heavy (non-hydrogen) atoms. The van der Waals surface area contributed by atoms with Crippen LogP contribution >= 0.6 is 7.37 Å². The van der Waals surface area contributed by atoms with E-state index in [1.165, 1.54) is 13.8 Å². The third kappa shape index (κ3) is 7.89. The van der Waals surface area contributed by atoms with Gasteiger partial charge in [-0.25, -0.2) is 0 Å². The van der Waals surface area contributed by atoms with Gasteiger partial charge in [-0.05, 0) is 13.3 Å². The van der Waals surface area contributed by atoms with Gasteiger partial charge in [0.1, 0.15) is 0 Å². The van der Waals surface area contributed by atoms with Crippen molar-refractivity contribution < 1.29 is 22.1 Å². The molecule has 2 unspecified atom stereocenters. The van der Waals surface area contributed by atoms with Crippen molar-refractivity contribution in [3.8, 4) is 11.8 Å². The van der Waals surface area contributed by atoms with E-state index in [1.54, 1.807) is 6.92 Å². The average molecular weight is 268 g/mol. The molecular formula is C9H17O5PS. The highest BCUT2D eigenvalue weighted by Crippen LogP contribution is 2.42. The molecule has 0 saturated carbocycles. The van der Waals surface area contributed by atoms with E-state index in [9.17, 15) is 13.0 Å². The Morgan fingerprint density at radius 3 is 2.44 bits per heavy atom. The molecule has 2 atom stereocenters. The molecule has 1 N–H and O–H groups in total. The van der Waals surface area contributed by atoms with Crippen molar-refractivity contribution in [1.82, 2.24) is 0 Å². The van der Waals surface area contributed by atoms with Gasteiger partial charge in [-0.15, -0.1) is 5.92 Å². The molecular weight excluding hydrogens is 251 g/mol. The summed E-state index contributed by atoms with van der Waals surface area (Å²) < 4.78 is 46.5. The van der Waals surface area contributed by atoms with Crippen LogP contribution in [0.5, 0.6) is 0 Å². The van der Waals surface area contributed by atoms with E-state index >= 15 is 0 Å². The fourth-order valence-electron chi connectivity index (χ4n) is 1.14. The number of rotatable bonds is 6. The highest BCUT2D eigenvalue weighted by Gasteiger charge is 2.20. The van der Waals surface area contributed by atoms with Gasteiger partial charge in [-0.2, -0.15) is 8.42 Å². The summed E-state index contributed by atoms with van der Waals surface area (Å²) in [6.07, 6.45) is 0.570. The van der Waals surface area contributed by atoms with Gasteiger partial charge in [0.05, 0.1) is 5.75 Å². The van der Waals surface area contributed by atoms with Gasteiger partial charge in [-0.3, -0.25) is 9.12 Å². The summed E-state index contributed by atoms with van der Waals surface area (Å²) in [5, 5.41) is 0. The minimum absolute atomic E-state index is 0.248. The van der Waals surface area contributed by atoms with Crippen molar-refractivity contribution in [3.63, 3.8) is 0 Å². The van der Waals surface area contributed by atoms with Gasteiger partial charge in [0, 0.05) is 25.9 Å². The van der Waals surface area contributed by atoms with E-state index in [0.717, 1.165) is 0 Å². The third-order valence-electron chi connectivity index (χ3n) is 2.03. The smallest absolute Gasteiger partial charge is 0.266 e. The Balaban J connectivity index is 4.47. The van der Waals surface area contributed by atoms with Crippen molar-refractivity contribution in [2.24, 2.45) is 5.92 Å². The monoisotopic (exact) mass is 268 g/mol. The molecule has 0 fully saturated rings. The molecule has 0 rings (SSSR count). The van der Waals surface area contributed by atoms with Crippen LogP contribution in [0.4, 0.5) is 0 Å². The van der Waals surface area contributed by atoms with E-state index in [2.05, 4.69) is 11.8 Å². The van der Waals surface area contributed by atoms with E-state index in [1.807, 2.05) is 0 Å².